The van der Waals surface area contributed by atoms with E-state index in [2.05, 4.69) is 0 Å². The van der Waals surface area contributed by atoms with Gasteiger partial charge in [-0.3, -0.25) is 10.1 Å². The largest absolute Gasteiger partial charge is 0.868 e. The Labute approximate surface area is 65.2 Å². The van der Waals surface area contributed by atoms with Gasteiger partial charge in [-0.1, -0.05) is 0 Å². The van der Waals surface area contributed by atoms with E-state index in [4.69, 9.17) is 0 Å². The number of benzene rings is 1. The zero-order chi connectivity index (χ0) is 9.30. The van der Waals surface area contributed by atoms with Crippen LogP contribution in [0.1, 0.15) is 0 Å². The Balaban J connectivity index is 3.33. The van der Waals surface area contributed by atoms with Crippen LogP contribution < -0.4 is 5.11 Å². The normalized spacial score (nSPS) is 9.83. The van der Waals surface area contributed by atoms with Crippen LogP contribution in [0.3, 0.4) is 0 Å². The third-order valence-corrected chi connectivity index (χ3v) is 1.20. The van der Waals surface area contributed by atoms with E-state index >= 15 is 0 Å². The number of hydrogen-bond donors (Lipinski definition) is 0. The number of hydrogen-bond acceptors (Lipinski definition) is 3. The molecule has 12 heavy (non-hydrogen) atoms. The predicted molar refractivity (Wildman–Crippen MR) is 32.5 cm³/mol. The highest BCUT2D eigenvalue weighted by Gasteiger charge is 2.11. The number of halogens is 2. The topological polar surface area (TPSA) is 66.2 Å². The number of nitro benzene ring substituents is 1. The molecule has 0 unspecified atom stereocenters. The molecule has 0 bridgehead atoms. The zero-order valence-corrected chi connectivity index (χ0v) is 5.58. The maximum absolute atomic E-state index is 12.3. The van der Waals surface area contributed by atoms with Gasteiger partial charge in [0.05, 0.1) is 11.0 Å². The Hall–Kier alpha value is -1.72. The summed E-state index contributed by atoms with van der Waals surface area (Å²) in [5, 5.41) is 20.6. The van der Waals surface area contributed by atoms with Crippen molar-refractivity contribution in [2.75, 3.05) is 0 Å². The Kier molecular flexibility index (Phi) is 1.90. The van der Waals surface area contributed by atoms with Gasteiger partial charge in [0.15, 0.2) is 11.6 Å². The Bertz CT molecular complexity index is 340. The summed E-state index contributed by atoms with van der Waals surface area (Å²) in [5.41, 5.74) is -0.964. The lowest BCUT2D eigenvalue weighted by atomic mass is 10.3. The molecular weight excluding hydrogens is 172 g/mol. The summed E-state index contributed by atoms with van der Waals surface area (Å²) < 4.78 is 24.5. The third-order valence-electron chi connectivity index (χ3n) is 1.20. The Morgan fingerprint density at radius 2 is 1.75 bits per heavy atom. The lowest BCUT2D eigenvalue weighted by Gasteiger charge is -2.05. The lowest BCUT2D eigenvalue weighted by molar-refractivity contribution is -0.398. The molecule has 6 heteroatoms. The molecule has 0 fully saturated rings. The van der Waals surface area contributed by atoms with Crippen molar-refractivity contribution in [3.8, 4) is 5.75 Å². The zero-order valence-electron chi connectivity index (χ0n) is 5.58. The Morgan fingerprint density at radius 1 is 1.25 bits per heavy atom. The van der Waals surface area contributed by atoms with Gasteiger partial charge in [0, 0.05) is 0 Å². The number of nitrogens with zero attached hydrogens (tertiary/aromatic N) is 1. The smallest absolute Gasteiger partial charge is 0.264 e. The molecule has 0 aliphatic rings. The van der Waals surface area contributed by atoms with Crippen LogP contribution in [0, 0.1) is 21.7 Å². The minimum Gasteiger partial charge on any atom is -0.868 e. The summed E-state index contributed by atoms with van der Waals surface area (Å²) in [6.07, 6.45) is 0. The molecule has 0 atom stereocenters. The summed E-state index contributed by atoms with van der Waals surface area (Å²) in [6.45, 7) is 0. The highest BCUT2D eigenvalue weighted by Crippen LogP contribution is 2.24. The third kappa shape index (κ3) is 1.31. The molecule has 0 aliphatic carbocycles. The maximum atomic E-state index is 12.3. The van der Waals surface area contributed by atoms with E-state index in [0.29, 0.717) is 0 Å². The van der Waals surface area contributed by atoms with Crippen molar-refractivity contribution in [1.29, 1.82) is 0 Å². The molecule has 0 spiro atoms. The average molecular weight is 174 g/mol. The molecule has 1 rings (SSSR count). The first-order valence-electron chi connectivity index (χ1n) is 2.83. The molecule has 64 valence electrons. The van der Waals surface area contributed by atoms with Gasteiger partial charge in [0.25, 0.3) is 5.69 Å². The summed E-state index contributed by atoms with van der Waals surface area (Å²) >= 11 is 0. The molecule has 0 saturated heterocycles. The molecule has 0 N–H and O–H groups in total. The fraction of sp³-hybridized carbons (Fsp3) is 0. The van der Waals surface area contributed by atoms with Crippen molar-refractivity contribution in [2.24, 2.45) is 0 Å². The molecule has 0 aliphatic heterocycles. The molecule has 0 aromatic heterocycles. The first-order chi connectivity index (χ1) is 5.52. The second kappa shape index (κ2) is 2.72. The van der Waals surface area contributed by atoms with Crippen LogP contribution in [-0.2, 0) is 0 Å². The summed E-state index contributed by atoms with van der Waals surface area (Å²) in [6, 6.07) is 0.505. The predicted octanol–water partition coefficient (Wildman–Crippen LogP) is 0.947. The van der Waals surface area contributed by atoms with Crippen molar-refractivity contribution in [3.05, 3.63) is 33.9 Å². The molecule has 4 nitrogen and oxygen atoms in total. The van der Waals surface area contributed by atoms with Gasteiger partial charge in [0.2, 0.25) is 0 Å². The molecular formula is C6H2F2NO3-. The van der Waals surface area contributed by atoms with Crippen molar-refractivity contribution < 1.29 is 18.8 Å². The van der Waals surface area contributed by atoms with Crippen LogP contribution in [0.25, 0.3) is 0 Å². The van der Waals surface area contributed by atoms with E-state index in [0.717, 1.165) is 0 Å². The van der Waals surface area contributed by atoms with Crippen molar-refractivity contribution >= 4 is 5.69 Å². The summed E-state index contributed by atoms with van der Waals surface area (Å²) in [7, 11) is 0. The van der Waals surface area contributed by atoms with Gasteiger partial charge in [-0.2, -0.15) is 0 Å². The first-order valence-corrected chi connectivity index (χ1v) is 2.83. The fourth-order valence-corrected chi connectivity index (χ4v) is 0.661. The highest BCUT2D eigenvalue weighted by molar-refractivity contribution is 5.44. The van der Waals surface area contributed by atoms with Crippen LogP contribution in [-0.4, -0.2) is 4.92 Å². The second-order valence-corrected chi connectivity index (χ2v) is 1.99. The average Bonchev–Trinajstić information content (AvgIpc) is 1.96. The highest BCUT2D eigenvalue weighted by atomic mass is 19.2. The first kappa shape index (κ1) is 8.38. The van der Waals surface area contributed by atoms with Crippen molar-refractivity contribution in [1.82, 2.24) is 0 Å². The van der Waals surface area contributed by atoms with Crippen LogP contribution in [0.15, 0.2) is 12.1 Å². The van der Waals surface area contributed by atoms with Gasteiger partial charge in [0.1, 0.15) is 0 Å². The van der Waals surface area contributed by atoms with E-state index in [1.54, 1.807) is 0 Å². The summed E-state index contributed by atoms with van der Waals surface area (Å²) in [4.78, 5) is 8.94. The molecule has 0 radical (unpaired) electrons. The van der Waals surface area contributed by atoms with Crippen LogP contribution in [0.5, 0.6) is 5.75 Å². The molecule has 0 heterocycles. The van der Waals surface area contributed by atoms with Crippen molar-refractivity contribution in [2.45, 2.75) is 0 Å². The molecule has 1 aromatic rings. The monoisotopic (exact) mass is 174 g/mol. The Morgan fingerprint density at radius 3 is 2.25 bits per heavy atom. The lowest BCUT2D eigenvalue weighted by Crippen LogP contribution is -2.00. The van der Waals surface area contributed by atoms with E-state index < -0.39 is 28.0 Å². The van der Waals surface area contributed by atoms with E-state index in [1.165, 1.54) is 0 Å². The SMILES string of the molecule is O=[N+]([O-])c1cc(F)c(F)cc1[O-]. The van der Waals surface area contributed by atoms with E-state index in [9.17, 15) is 24.0 Å². The van der Waals surface area contributed by atoms with Crippen LogP contribution in [0.2, 0.25) is 0 Å². The van der Waals surface area contributed by atoms with Gasteiger partial charge in [-0.05, 0) is 11.8 Å². The fourth-order valence-electron chi connectivity index (χ4n) is 0.661. The van der Waals surface area contributed by atoms with Gasteiger partial charge >= 0.3 is 0 Å². The van der Waals surface area contributed by atoms with E-state index in [1.807, 2.05) is 0 Å². The summed E-state index contributed by atoms with van der Waals surface area (Å²) in [5.74, 6) is -3.93. The molecule has 1 aromatic carbocycles. The number of nitro groups is 1. The van der Waals surface area contributed by atoms with Crippen molar-refractivity contribution in [3.63, 3.8) is 0 Å². The minimum absolute atomic E-state index is 0.244. The van der Waals surface area contributed by atoms with Gasteiger partial charge in [-0.25, -0.2) is 8.78 Å². The van der Waals surface area contributed by atoms with Crippen LogP contribution >= 0.6 is 0 Å². The minimum atomic E-state index is -1.40. The maximum Gasteiger partial charge on any atom is 0.264 e. The number of rotatable bonds is 1. The van der Waals surface area contributed by atoms with Gasteiger partial charge < -0.3 is 5.11 Å². The quantitative estimate of drug-likeness (QED) is 0.470. The standard InChI is InChI=1S/C6H3F2NO3/c7-3-1-5(9(11)12)6(10)2-4(3)8/h1-2,10H/p-1. The molecule has 0 saturated carbocycles. The second-order valence-electron chi connectivity index (χ2n) is 1.99. The van der Waals surface area contributed by atoms with Crippen LogP contribution in [0.4, 0.5) is 14.5 Å². The van der Waals surface area contributed by atoms with E-state index in [-0.39, 0.29) is 12.1 Å². The van der Waals surface area contributed by atoms with Gasteiger partial charge in [-0.15, -0.1) is 0 Å². The molecule has 0 amide bonds.